The van der Waals surface area contributed by atoms with Crippen molar-refractivity contribution in [2.75, 3.05) is 0 Å². The predicted octanol–water partition coefficient (Wildman–Crippen LogP) is 7.46. The fraction of sp³-hybridized carbons (Fsp3) is 0. The summed E-state index contributed by atoms with van der Waals surface area (Å²) in [7, 11) is 0. The summed E-state index contributed by atoms with van der Waals surface area (Å²) in [5, 5.41) is 3.51. The van der Waals surface area contributed by atoms with E-state index >= 15 is 0 Å². The van der Waals surface area contributed by atoms with Crippen LogP contribution in [0.4, 0.5) is 0 Å². The van der Waals surface area contributed by atoms with E-state index in [0.29, 0.717) is 5.95 Å². The van der Waals surface area contributed by atoms with Crippen LogP contribution in [0.1, 0.15) is 0 Å². The summed E-state index contributed by atoms with van der Waals surface area (Å²) >= 11 is 1.80. The number of rotatable bonds is 3. The van der Waals surface area contributed by atoms with Gasteiger partial charge in [-0.1, -0.05) is 18.2 Å². The highest BCUT2D eigenvalue weighted by Crippen LogP contribution is 2.42. The molecular formula is C31H18N6S. The van der Waals surface area contributed by atoms with Gasteiger partial charge < -0.3 is 0 Å². The molecule has 0 unspecified atom stereocenters. The van der Waals surface area contributed by atoms with Crippen LogP contribution in [0.5, 0.6) is 0 Å². The average Bonchev–Trinajstić information content (AvgIpc) is 3.53. The fourth-order valence-corrected chi connectivity index (χ4v) is 6.32. The van der Waals surface area contributed by atoms with Crippen LogP contribution >= 0.6 is 11.3 Å². The lowest BCUT2D eigenvalue weighted by Gasteiger charge is -2.12. The molecule has 6 aromatic heterocycles. The van der Waals surface area contributed by atoms with E-state index in [9.17, 15) is 0 Å². The Balaban J connectivity index is 1.54. The molecule has 0 atom stereocenters. The quantitative estimate of drug-likeness (QED) is 0.249. The molecule has 7 heteroatoms. The highest BCUT2D eigenvalue weighted by atomic mass is 32.1. The van der Waals surface area contributed by atoms with Gasteiger partial charge in [0.05, 0.1) is 27.9 Å². The SMILES string of the molecule is c1ccc2c(c1)sc1ccc3c4ncccc4n(-c4nc(-c5ccncc5)cc(-c5ccncc5)n4)c3c12. The number of benzene rings is 2. The highest BCUT2D eigenvalue weighted by molar-refractivity contribution is 7.26. The Hall–Kier alpha value is -5.01. The van der Waals surface area contributed by atoms with E-state index in [2.05, 4.69) is 57.0 Å². The van der Waals surface area contributed by atoms with Crippen molar-refractivity contribution in [1.29, 1.82) is 0 Å². The Kier molecular flexibility index (Phi) is 4.59. The van der Waals surface area contributed by atoms with Gasteiger partial charge in [-0.15, -0.1) is 11.3 Å². The van der Waals surface area contributed by atoms with Gasteiger partial charge in [0, 0.05) is 67.7 Å². The smallest absolute Gasteiger partial charge is 0.235 e. The van der Waals surface area contributed by atoms with Gasteiger partial charge in [0.15, 0.2) is 0 Å². The molecule has 0 saturated heterocycles. The van der Waals surface area contributed by atoms with Gasteiger partial charge in [0.2, 0.25) is 5.95 Å². The van der Waals surface area contributed by atoms with Gasteiger partial charge in [-0.3, -0.25) is 19.5 Å². The van der Waals surface area contributed by atoms with Crippen LogP contribution in [0.25, 0.3) is 70.6 Å². The molecule has 8 rings (SSSR count). The van der Waals surface area contributed by atoms with Crippen molar-refractivity contribution in [2.45, 2.75) is 0 Å². The molecule has 6 nitrogen and oxygen atoms in total. The maximum atomic E-state index is 5.13. The number of thiophene rings is 1. The largest absolute Gasteiger partial charge is 0.276 e. The summed E-state index contributed by atoms with van der Waals surface area (Å²) < 4.78 is 4.65. The Bertz CT molecular complexity index is 2070. The third-order valence-electron chi connectivity index (χ3n) is 6.89. The Morgan fingerprint density at radius 3 is 2.05 bits per heavy atom. The summed E-state index contributed by atoms with van der Waals surface area (Å²) in [6, 6.07) is 26.9. The van der Waals surface area contributed by atoms with Gasteiger partial charge in [-0.05, 0) is 60.7 Å². The van der Waals surface area contributed by atoms with Crippen LogP contribution < -0.4 is 0 Å². The second-order valence-corrected chi connectivity index (χ2v) is 10.1. The van der Waals surface area contributed by atoms with Crippen LogP contribution in [-0.4, -0.2) is 29.5 Å². The monoisotopic (exact) mass is 506 g/mol. The number of nitrogens with zero attached hydrogens (tertiary/aromatic N) is 6. The van der Waals surface area contributed by atoms with Crippen molar-refractivity contribution in [3.8, 4) is 28.5 Å². The summed E-state index contributed by atoms with van der Waals surface area (Å²) in [4.78, 5) is 23.5. The second kappa shape index (κ2) is 8.26. The van der Waals surface area contributed by atoms with E-state index in [1.807, 2.05) is 42.6 Å². The molecule has 0 bridgehead atoms. The van der Waals surface area contributed by atoms with E-state index in [1.54, 1.807) is 36.1 Å². The van der Waals surface area contributed by atoms with Crippen LogP contribution in [0.3, 0.4) is 0 Å². The topological polar surface area (TPSA) is 69.4 Å². The molecule has 0 aliphatic rings. The third kappa shape index (κ3) is 3.16. The fourth-order valence-electron chi connectivity index (χ4n) is 5.21. The minimum Gasteiger partial charge on any atom is -0.276 e. The molecule has 0 amide bonds. The number of pyridine rings is 3. The highest BCUT2D eigenvalue weighted by Gasteiger charge is 2.21. The van der Waals surface area contributed by atoms with Gasteiger partial charge in [-0.2, -0.15) is 0 Å². The maximum absolute atomic E-state index is 5.13. The van der Waals surface area contributed by atoms with Crippen molar-refractivity contribution in [3.63, 3.8) is 0 Å². The normalized spacial score (nSPS) is 11.7. The summed E-state index contributed by atoms with van der Waals surface area (Å²) in [5.74, 6) is 0.599. The molecule has 0 radical (unpaired) electrons. The van der Waals surface area contributed by atoms with Gasteiger partial charge >= 0.3 is 0 Å². The molecule has 0 saturated carbocycles. The zero-order valence-corrected chi connectivity index (χ0v) is 20.8. The molecule has 0 fully saturated rings. The first-order valence-corrected chi connectivity index (χ1v) is 13.1. The van der Waals surface area contributed by atoms with Crippen molar-refractivity contribution >= 4 is 53.4 Å². The maximum Gasteiger partial charge on any atom is 0.235 e. The Labute approximate surface area is 220 Å². The van der Waals surface area contributed by atoms with E-state index in [-0.39, 0.29) is 0 Å². The first kappa shape index (κ1) is 21.1. The number of hydrogen-bond donors (Lipinski definition) is 0. The molecule has 2 aromatic carbocycles. The van der Waals surface area contributed by atoms with Gasteiger partial charge in [0.1, 0.15) is 0 Å². The molecule has 0 aliphatic carbocycles. The number of aromatic nitrogens is 6. The van der Waals surface area contributed by atoms with E-state index < -0.39 is 0 Å². The molecule has 0 N–H and O–H groups in total. The van der Waals surface area contributed by atoms with Crippen molar-refractivity contribution in [3.05, 3.63) is 110 Å². The molecule has 6 heterocycles. The molecule has 38 heavy (non-hydrogen) atoms. The summed E-state index contributed by atoms with van der Waals surface area (Å²) in [6.45, 7) is 0. The minimum atomic E-state index is 0.599. The minimum absolute atomic E-state index is 0.599. The van der Waals surface area contributed by atoms with Crippen LogP contribution in [0.2, 0.25) is 0 Å². The lowest BCUT2D eigenvalue weighted by molar-refractivity contribution is 0.996. The Morgan fingerprint density at radius 2 is 1.32 bits per heavy atom. The zero-order valence-electron chi connectivity index (χ0n) is 20.0. The van der Waals surface area contributed by atoms with E-state index in [1.165, 1.54) is 20.2 Å². The summed E-state index contributed by atoms with van der Waals surface area (Å²) in [5.41, 5.74) is 6.57. The average molecular weight is 507 g/mol. The van der Waals surface area contributed by atoms with Crippen LogP contribution in [-0.2, 0) is 0 Å². The molecule has 8 aromatic rings. The lowest BCUT2D eigenvalue weighted by Crippen LogP contribution is -2.04. The van der Waals surface area contributed by atoms with Crippen LogP contribution in [0.15, 0.2) is 110 Å². The first-order valence-electron chi connectivity index (χ1n) is 12.2. The second-order valence-electron chi connectivity index (χ2n) is 9.05. The molecule has 178 valence electrons. The summed E-state index contributed by atoms with van der Waals surface area (Å²) in [6.07, 6.45) is 8.99. The number of fused-ring (bicyclic) bond motifs is 7. The lowest BCUT2D eigenvalue weighted by atomic mass is 10.1. The molecule has 0 aliphatic heterocycles. The van der Waals surface area contributed by atoms with Gasteiger partial charge in [0.25, 0.3) is 0 Å². The standard InChI is InChI=1S/C31H18N6S/c1-2-6-26-21(4-1)28-27(38-26)8-7-22-29-25(5-3-13-34-29)37(30(22)28)31-35-23(19-9-14-32-15-10-19)18-24(36-31)20-11-16-33-17-12-20/h1-18H. The van der Waals surface area contributed by atoms with E-state index in [4.69, 9.17) is 15.0 Å². The molecule has 0 spiro atoms. The molecular weight excluding hydrogens is 488 g/mol. The van der Waals surface area contributed by atoms with E-state index in [0.717, 1.165) is 44.5 Å². The van der Waals surface area contributed by atoms with Crippen molar-refractivity contribution in [2.24, 2.45) is 0 Å². The predicted molar refractivity (Wildman–Crippen MR) is 154 cm³/mol. The number of hydrogen-bond acceptors (Lipinski definition) is 6. The van der Waals surface area contributed by atoms with Crippen molar-refractivity contribution in [1.82, 2.24) is 29.5 Å². The third-order valence-corrected chi connectivity index (χ3v) is 8.02. The van der Waals surface area contributed by atoms with Gasteiger partial charge in [-0.25, -0.2) is 9.97 Å². The van der Waals surface area contributed by atoms with Crippen molar-refractivity contribution < 1.29 is 0 Å². The van der Waals surface area contributed by atoms with Crippen LogP contribution in [0, 0.1) is 0 Å². The zero-order chi connectivity index (χ0) is 25.1. The first-order chi connectivity index (χ1) is 18.8. The Morgan fingerprint density at radius 1 is 0.605 bits per heavy atom.